The van der Waals surface area contributed by atoms with Crippen molar-refractivity contribution in [2.24, 2.45) is 0 Å². The van der Waals surface area contributed by atoms with Gasteiger partial charge in [0.2, 0.25) is 17.7 Å². The van der Waals surface area contributed by atoms with E-state index in [-0.39, 0.29) is 11.9 Å². The van der Waals surface area contributed by atoms with Crippen LogP contribution in [0.15, 0.2) is 54.9 Å². The number of hydrogen-bond donors (Lipinski definition) is 3. The molecule has 254 valence electrons. The summed E-state index contributed by atoms with van der Waals surface area (Å²) in [5.74, 6) is 1.59. The molecule has 4 aromatic heterocycles. The second kappa shape index (κ2) is 13.5. The van der Waals surface area contributed by atoms with Gasteiger partial charge in [-0.1, -0.05) is 47.5 Å². The van der Waals surface area contributed by atoms with Gasteiger partial charge in [0.15, 0.2) is 5.82 Å². The number of β-amino-alcohol motifs (C(OH)–C–C–N with tert-alkyl or cyclic N) is 1. The molecule has 0 aliphatic carbocycles. The summed E-state index contributed by atoms with van der Waals surface area (Å²) in [6.45, 7) is 4.62. The summed E-state index contributed by atoms with van der Waals surface area (Å²) in [6.07, 6.45) is 4.95. The number of nitrogens with one attached hydrogen (secondary N) is 2. The van der Waals surface area contributed by atoms with E-state index >= 15 is 0 Å². The molecule has 5 aromatic rings. The molecule has 3 N–H and O–H groups in total. The number of halogens is 2. The van der Waals surface area contributed by atoms with Crippen LogP contribution in [0.2, 0.25) is 10.0 Å². The molecule has 2 saturated heterocycles. The average molecular weight is 704 g/mol. The Morgan fingerprint density at radius 2 is 1.82 bits per heavy atom. The fourth-order valence-electron chi connectivity index (χ4n) is 6.52. The Bertz CT molecular complexity index is 2040. The maximum absolute atomic E-state index is 11.5. The molecule has 6 heterocycles. The summed E-state index contributed by atoms with van der Waals surface area (Å²) in [7, 11) is 3.16. The molecular formula is C35H36Cl2N8O4. The Hall–Kier alpha value is -4.33. The number of benzene rings is 1. The van der Waals surface area contributed by atoms with Crippen molar-refractivity contribution in [3.05, 3.63) is 76.3 Å². The van der Waals surface area contributed by atoms with E-state index in [4.69, 9.17) is 42.8 Å². The second-order valence-corrected chi connectivity index (χ2v) is 13.5. The Labute approximate surface area is 293 Å². The summed E-state index contributed by atoms with van der Waals surface area (Å²) < 4.78 is 13.0. The monoisotopic (exact) mass is 702 g/mol. The summed E-state index contributed by atoms with van der Waals surface area (Å²) in [6, 6.07) is 13.5. The Morgan fingerprint density at radius 1 is 1.04 bits per heavy atom. The van der Waals surface area contributed by atoms with Crippen molar-refractivity contribution in [2.45, 2.75) is 44.5 Å². The molecule has 1 aromatic carbocycles. The molecule has 0 saturated carbocycles. The van der Waals surface area contributed by atoms with Gasteiger partial charge in [0.05, 0.1) is 47.8 Å². The lowest BCUT2D eigenvalue weighted by atomic mass is 9.97. The highest BCUT2D eigenvalue weighted by molar-refractivity contribution is 6.39. The number of carbonyl (C=O) groups excluding carboxylic acids is 1. The molecule has 1 amide bonds. The molecule has 0 spiro atoms. The van der Waals surface area contributed by atoms with Crippen LogP contribution in [0, 0.1) is 0 Å². The molecule has 14 heteroatoms. The van der Waals surface area contributed by atoms with E-state index in [0.29, 0.717) is 89.2 Å². The lowest BCUT2D eigenvalue weighted by Crippen LogP contribution is -2.59. The molecule has 2 aliphatic heterocycles. The number of ether oxygens (including phenoxy) is 2. The van der Waals surface area contributed by atoms with Crippen LogP contribution < -0.4 is 20.1 Å². The molecule has 12 nitrogen and oxygen atoms in total. The van der Waals surface area contributed by atoms with Crippen molar-refractivity contribution >= 4 is 34.6 Å². The average Bonchev–Trinajstić information content (AvgIpc) is 3.70. The van der Waals surface area contributed by atoms with Crippen molar-refractivity contribution in [1.29, 1.82) is 0 Å². The Kier molecular flexibility index (Phi) is 9.16. The van der Waals surface area contributed by atoms with Crippen LogP contribution in [0.1, 0.15) is 31.2 Å². The molecule has 0 radical (unpaired) electrons. The maximum Gasteiger partial charge on any atom is 0.241 e. The first-order valence-electron chi connectivity index (χ1n) is 16.0. The van der Waals surface area contributed by atoms with Crippen LogP contribution in [0.25, 0.3) is 39.2 Å². The molecule has 7 rings (SSSR count). The van der Waals surface area contributed by atoms with Crippen molar-refractivity contribution < 1.29 is 19.4 Å². The number of nitrogens with zero attached hydrogens (tertiary/aromatic N) is 6. The highest BCUT2D eigenvalue weighted by atomic mass is 35.5. The van der Waals surface area contributed by atoms with Crippen molar-refractivity contribution in [3.63, 3.8) is 0 Å². The zero-order valence-corrected chi connectivity index (χ0v) is 28.8. The van der Waals surface area contributed by atoms with Crippen molar-refractivity contribution in [3.8, 4) is 45.4 Å². The van der Waals surface area contributed by atoms with Crippen LogP contribution in [-0.2, 0) is 17.9 Å². The Balaban J connectivity index is 1.15. The van der Waals surface area contributed by atoms with Gasteiger partial charge in [0.1, 0.15) is 5.52 Å². The van der Waals surface area contributed by atoms with Gasteiger partial charge in [-0.15, -0.1) is 0 Å². The highest BCUT2D eigenvalue weighted by Gasteiger charge is 2.36. The van der Waals surface area contributed by atoms with E-state index < -0.39 is 5.60 Å². The zero-order valence-electron chi connectivity index (χ0n) is 27.3. The normalized spacial score (nSPS) is 17.3. The van der Waals surface area contributed by atoms with Crippen LogP contribution >= 0.6 is 23.2 Å². The predicted octanol–water partition coefficient (Wildman–Crippen LogP) is 4.78. The first kappa shape index (κ1) is 33.2. The molecule has 1 atom stereocenters. The topological polar surface area (TPSA) is 139 Å². The minimum Gasteiger partial charge on any atom is -0.481 e. The van der Waals surface area contributed by atoms with Gasteiger partial charge >= 0.3 is 0 Å². The van der Waals surface area contributed by atoms with Crippen LogP contribution in [-0.4, -0.2) is 86.0 Å². The number of amides is 1. The number of carbonyl (C=O) groups is 1. The van der Waals surface area contributed by atoms with Crippen LogP contribution in [0.4, 0.5) is 0 Å². The Morgan fingerprint density at radius 3 is 2.55 bits per heavy atom. The minimum absolute atomic E-state index is 0.0947. The van der Waals surface area contributed by atoms with E-state index in [0.717, 1.165) is 28.7 Å². The van der Waals surface area contributed by atoms with Gasteiger partial charge in [-0.2, -0.15) is 10.1 Å². The molecular weight excluding hydrogens is 667 g/mol. The van der Waals surface area contributed by atoms with Crippen molar-refractivity contribution in [1.82, 2.24) is 40.1 Å². The van der Waals surface area contributed by atoms with Crippen LogP contribution in [0.5, 0.6) is 11.8 Å². The van der Waals surface area contributed by atoms with E-state index in [1.807, 2.05) is 55.6 Å². The van der Waals surface area contributed by atoms with Crippen molar-refractivity contribution in [2.75, 3.05) is 33.9 Å². The number of likely N-dealkylation sites (tertiary alicyclic amines) is 1. The highest BCUT2D eigenvalue weighted by Crippen LogP contribution is 2.42. The first-order chi connectivity index (χ1) is 23.6. The summed E-state index contributed by atoms with van der Waals surface area (Å²) in [5.41, 5.74) is 5.00. The first-order valence-corrected chi connectivity index (χ1v) is 16.7. The predicted molar refractivity (Wildman–Crippen MR) is 187 cm³/mol. The molecule has 2 fully saturated rings. The fraction of sp³-hybridized carbons (Fsp3) is 0.343. The third-order valence-electron chi connectivity index (χ3n) is 8.81. The quantitative estimate of drug-likeness (QED) is 0.176. The van der Waals surface area contributed by atoms with E-state index in [1.54, 1.807) is 24.9 Å². The van der Waals surface area contributed by atoms with Gasteiger partial charge in [0.25, 0.3) is 0 Å². The van der Waals surface area contributed by atoms with Crippen LogP contribution in [0.3, 0.4) is 0 Å². The number of hydrogen-bond acceptors (Lipinski definition) is 10. The number of pyridine rings is 2. The largest absolute Gasteiger partial charge is 0.481 e. The van der Waals surface area contributed by atoms with Gasteiger partial charge in [0, 0.05) is 78.9 Å². The summed E-state index contributed by atoms with van der Waals surface area (Å²) in [5, 5.41) is 22.1. The number of aliphatic hydroxyl groups is 1. The summed E-state index contributed by atoms with van der Waals surface area (Å²) in [4.78, 5) is 27.6. The summed E-state index contributed by atoms with van der Waals surface area (Å²) >= 11 is 14.2. The van der Waals surface area contributed by atoms with Gasteiger partial charge < -0.3 is 25.2 Å². The second-order valence-electron chi connectivity index (χ2n) is 12.7. The fourth-order valence-corrected chi connectivity index (χ4v) is 7.17. The van der Waals surface area contributed by atoms with E-state index in [9.17, 15) is 9.90 Å². The number of fused-ring (bicyclic) bond motifs is 1. The SMILES string of the molecule is COc1nc(-c2cccc(-c3ccnc(-c4cc5c(OC)nc(CN6CC(C)(O)C6)nn5c4)c3Cl)c2Cl)ccc1CNC[C@@H]1CCC(=O)N1. The van der Waals surface area contributed by atoms with E-state index in [2.05, 4.69) is 25.5 Å². The molecule has 0 unspecified atom stereocenters. The third kappa shape index (κ3) is 6.79. The molecule has 49 heavy (non-hydrogen) atoms. The smallest absolute Gasteiger partial charge is 0.241 e. The number of aromatic nitrogens is 5. The van der Waals surface area contributed by atoms with Gasteiger partial charge in [-0.3, -0.25) is 14.7 Å². The standard InChI is InChI=1S/C35H36Cl2N8O4/c1-35(47)18-44(19-35)17-28-42-34(49-3)27-13-21(16-45(27)43-28)32-31(37)24(11-12-39-32)23-5-4-6-25(30(23)36)26-9-7-20(33(41-26)48-2)14-38-15-22-8-10-29(46)40-22/h4-7,9,11-13,16,22,38,47H,8,10,14-15,17-19H2,1-3H3,(H,40,46)/t22-/m0/s1. The number of methoxy groups -OCH3 is 2. The lowest BCUT2D eigenvalue weighted by molar-refractivity contribution is -0.119. The van der Waals surface area contributed by atoms with E-state index in [1.165, 1.54) is 0 Å². The van der Waals surface area contributed by atoms with Gasteiger partial charge in [-0.05, 0) is 31.5 Å². The maximum atomic E-state index is 11.5. The number of rotatable bonds is 11. The lowest BCUT2D eigenvalue weighted by Gasteiger charge is -2.43. The zero-order chi connectivity index (χ0) is 34.3. The minimum atomic E-state index is -0.687. The third-order valence-corrected chi connectivity index (χ3v) is 9.60. The van der Waals surface area contributed by atoms with Gasteiger partial charge in [-0.25, -0.2) is 9.50 Å². The molecule has 0 bridgehead atoms. The molecule has 2 aliphatic rings.